The summed E-state index contributed by atoms with van der Waals surface area (Å²) in [5.74, 6) is 0.222. The third kappa shape index (κ3) is 3.94. The molecule has 0 aliphatic carbocycles. The maximum absolute atomic E-state index is 13.4. The fourth-order valence-electron chi connectivity index (χ4n) is 3.50. The van der Waals surface area contributed by atoms with E-state index in [9.17, 15) is 9.59 Å². The van der Waals surface area contributed by atoms with Gasteiger partial charge in [-0.2, -0.15) is 5.10 Å². The molecule has 0 unspecified atom stereocenters. The minimum Gasteiger partial charge on any atom is -0.354 e. The van der Waals surface area contributed by atoms with E-state index in [4.69, 9.17) is 0 Å². The van der Waals surface area contributed by atoms with Crippen LogP contribution in [0.5, 0.6) is 0 Å². The second kappa shape index (κ2) is 8.58. The first-order valence-corrected chi connectivity index (χ1v) is 10.3. The molecule has 0 fully saturated rings. The summed E-state index contributed by atoms with van der Waals surface area (Å²) in [7, 11) is 1.56. The van der Waals surface area contributed by atoms with Crippen molar-refractivity contribution in [3.8, 4) is 11.1 Å². The van der Waals surface area contributed by atoms with E-state index in [1.165, 1.54) is 0 Å². The highest BCUT2D eigenvalue weighted by molar-refractivity contribution is 6.07. The molecule has 0 saturated carbocycles. The Balaban J connectivity index is 1.72. The molecule has 162 valence electrons. The maximum atomic E-state index is 13.4. The van der Waals surface area contributed by atoms with Gasteiger partial charge in [-0.15, -0.1) is 0 Å². The Morgan fingerprint density at radius 1 is 1.03 bits per heavy atom. The number of aryl methyl sites for hydroxylation is 1. The van der Waals surface area contributed by atoms with Gasteiger partial charge >= 0.3 is 0 Å². The fourth-order valence-corrected chi connectivity index (χ4v) is 3.50. The maximum Gasteiger partial charge on any atom is 0.269 e. The van der Waals surface area contributed by atoms with Gasteiger partial charge in [0.2, 0.25) is 0 Å². The number of pyridine rings is 3. The van der Waals surface area contributed by atoms with Gasteiger partial charge in [-0.3, -0.25) is 19.5 Å². The Hall–Kier alpha value is -4.07. The number of carbonyl (C=O) groups is 2. The number of anilines is 1. The quantitative estimate of drug-likeness (QED) is 0.525. The predicted octanol–water partition coefficient (Wildman–Crippen LogP) is 3.51. The number of carbonyl (C=O) groups excluding carboxylic acids is 2. The summed E-state index contributed by atoms with van der Waals surface area (Å²) in [4.78, 5) is 35.6. The monoisotopic (exact) mass is 428 g/mol. The zero-order chi connectivity index (χ0) is 22.8. The molecule has 4 aromatic heterocycles. The molecule has 2 amide bonds. The summed E-state index contributed by atoms with van der Waals surface area (Å²) in [6.07, 6.45) is 6.87. The van der Waals surface area contributed by atoms with E-state index < -0.39 is 0 Å². The van der Waals surface area contributed by atoms with Crippen molar-refractivity contribution in [1.82, 2.24) is 24.9 Å². The SMILES string of the molecule is CNC(=O)c1ccc(-c2cnn3ccc(C(=O)N(c4ccc(C)cn4)C(C)C)cc23)cn1. The number of hydrogen-bond donors (Lipinski definition) is 1. The fraction of sp³-hybridized carbons (Fsp3) is 0.208. The van der Waals surface area contributed by atoms with Crippen LogP contribution in [0.3, 0.4) is 0 Å². The molecule has 4 aromatic rings. The van der Waals surface area contributed by atoms with E-state index in [0.29, 0.717) is 17.1 Å². The second-order valence-corrected chi connectivity index (χ2v) is 7.78. The van der Waals surface area contributed by atoms with Crippen LogP contribution in [0.1, 0.15) is 40.3 Å². The summed E-state index contributed by atoms with van der Waals surface area (Å²) in [5, 5.41) is 6.95. The van der Waals surface area contributed by atoms with Gasteiger partial charge in [-0.1, -0.05) is 12.1 Å². The number of rotatable bonds is 5. The molecule has 32 heavy (non-hydrogen) atoms. The molecular formula is C24H24N6O2. The van der Waals surface area contributed by atoms with Crippen LogP contribution in [-0.4, -0.2) is 44.5 Å². The minimum absolute atomic E-state index is 0.0697. The Morgan fingerprint density at radius 2 is 1.84 bits per heavy atom. The molecule has 8 nitrogen and oxygen atoms in total. The molecule has 0 radical (unpaired) electrons. The molecule has 0 bridgehead atoms. The number of amides is 2. The van der Waals surface area contributed by atoms with Gasteiger partial charge < -0.3 is 5.32 Å². The predicted molar refractivity (Wildman–Crippen MR) is 123 cm³/mol. The van der Waals surface area contributed by atoms with Crippen LogP contribution in [0, 0.1) is 6.92 Å². The third-order valence-corrected chi connectivity index (χ3v) is 5.18. The topological polar surface area (TPSA) is 92.5 Å². The lowest BCUT2D eigenvalue weighted by molar-refractivity contribution is 0.0955. The van der Waals surface area contributed by atoms with Crippen LogP contribution in [-0.2, 0) is 0 Å². The van der Waals surface area contributed by atoms with Gasteiger partial charge in [-0.25, -0.2) is 9.50 Å². The van der Waals surface area contributed by atoms with Crippen LogP contribution < -0.4 is 10.2 Å². The highest BCUT2D eigenvalue weighted by atomic mass is 16.2. The zero-order valence-corrected chi connectivity index (χ0v) is 18.4. The summed E-state index contributed by atoms with van der Waals surface area (Å²) < 4.78 is 1.71. The van der Waals surface area contributed by atoms with E-state index >= 15 is 0 Å². The number of nitrogens with zero attached hydrogens (tertiary/aromatic N) is 5. The van der Waals surface area contributed by atoms with E-state index in [0.717, 1.165) is 22.2 Å². The third-order valence-electron chi connectivity index (χ3n) is 5.18. The Morgan fingerprint density at radius 3 is 2.47 bits per heavy atom. The van der Waals surface area contributed by atoms with Gasteiger partial charge in [0.1, 0.15) is 11.5 Å². The largest absolute Gasteiger partial charge is 0.354 e. The Kier molecular flexibility index (Phi) is 5.68. The van der Waals surface area contributed by atoms with Crippen molar-refractivity contribution in [2.24, 2.45) is 0 Å². The molecule has 0 aliphatic rings. The summed E-state index contributed by atoms with van der Waals surface area (Å²) in [6.45, 7) is 5.88. The molecule has 4 rings (SSSR count). The van der Waals surface area contributed by atoms with Gasteiger partial charge in [-0.05, 0) is 50.6 Å². The molecule has 0 aromatic carbocycles. The summed E-state index contributed by atoms with van der Waals surface area (Å²) in [6, 6.07) is 10.8. The van der Waals surface area contributed by atoms with Crippen LogP contribution in [0.25, 0.3) is 16.6 Å². The normalized spacial score (nSPS) is 11.0. The van der Waals surface area contributed by atoms with Crippen molar-refractivity contribution in [3.05, 3.63) is 78.0 Å². The van der Waals surface area contributed by atoms with E-state index in [1.807, 2.05) is 45.0 Å². The zero-order valence-electron chi connectivity index (χ0n) is 18.4. The number of hydrogen-bond acceptors (Lipinski definition) is 5. The highest BCUT2D eigenvalue weighted by Gasteiger charge is 2.23. The van der Waals surface area contributed by atoms with Gasteiger partial charge in [0.25, 0.3) is 11.8 Å². The molecular weight excluding hydrogens is 404 g/mol. The van der Waals surface area contributed by atoms with Gasteiger partial charge in [0.05, 0.1) is 11.7 Å². The number of aromatic nitrogens is 4. The van der Waals surface area contributed by atoms with E-state index in [-0.39, 0.29) is 17.9 Å². The molecule has 8 heteroatoms. The molecule has 0 spiro atoms. The van der Waals surface area contributed by atoms with Crippen LogP contribution >= 0.6 is 0 Å². The first-order chi connectivity index (χ1) is 15.4. The molecule has 1 N–H and O–H groups in total. The summed E-state index contributed by atoms with van der Waals surface area (Å²) >= 11 is 0. The average molecular weight is 428 g/mol. The van der Waals surface area contributed by atoms with Gasteiger partial charge in [0, 0.05) is 48.4 Å². The van der Waals surface area contributed by atoms with Crippen LogP contribution in [0.4, 0.5) is 5.82 Å². The molecule has 4 heterocycles. The van der Waals surface area contributed by atoms with Crippen LogP contribution in [0.2, 0.25) is 0 Å². The lowest BCUT2D eigenvalue weighted by Crippen LogP contribution is -2.37. The van der Waals surface area contributed by atoms with Crippen molar-refractivity contribution in [2.45, 2.75) is 26.8 Å². The first kappa shape index (κ1) is 21.2. The highest BCUT2D eigenvalue weighted by Crippen LogP contribution is 2.26. The Bertz CT molecular complexity index is 1280. The van der Waals surface area contributed by atoms with Crippen molar-refractivity contribution >= 4 is 23.1 Å². The van der Waals surface area contributed by atoms with Crippen molar-refractivity contribution in [1.29, 1.82) is 0 Å². The molecule has 0 aliphatic heterocycles. The van der Waals surface area contributed by atoms with Crippen molar-refractivity contribution < 1.29 is 9.59 Å². The lowest BCUT2D eigenvalue weighted by atomic mass is 10.1. The molecule has 0 saturated heterocycles. The van der Waals surface area contributed by atoms with E-state index in [1.54, 1.807) is 53.4 Å². The standard InChI is InChI=1S/C24H24N6O2/c1-15(2)30(22-8-5-16(3)12-27-22)24(32)17-9-10-29-21(11-17)19(14-28-29)18-6-7-20(26-13-18)23(31)25-4/h5-15H,1-4H3,(H,25,31). The van der Waals surface area contributed by atoms with Crippen LogP contribution in [0.15, 0.2) is 61.2 Å². The van der Waals surface area contributed by atoms with E-state index in [2.05, 4.69) is 20.4 Å². The Labute approximate surface area is 185 Å². The first-order valence-electron chi connectivity index (χ1n) is 10.3. The number of nitrogens with one attached hydrogen (secondary N) is 1. The summed E-state index contributed by atoms with van der Waals surface area (Å²) in [5.41, 5.74) is 4.29. The average Bonchev–Trinajstić information content (AvgIpc) is 3.23. The van der Waals surface area contributed by atoms with Crippen molar-refractivity contribution in [3.63, 3.8) is 0 Å². The molecule has 0 atom stereocenters. The van der Waals surface area contributed by atoms with Gasteiger partial charge in [0.15, 0.2) is 0 Å². The minimum atomic E-state index is -0.247. The number of fused-ring (bicyclic) bond motifs is 1. The lowest BCUT2D eigenvalue weighted by Gasteiger charge is -2.26. The van der Waals surface area contributed by atoms with Crippen molar-refractivity contribution in [2.75, 3.05) is 11.9 Å². The second-order valence-electron chi connectivity index (χ2n) is 7.78. The smallest absolute Gasteiger partial charge is 0.269 e.